The minimum Gasteiger partial charge on any atom is -0.508 e. The number of aromatic hydroxyl groups is 1. The van der Waals surface area contributed by atoms with Crippen molar-refractivity contribution in [1.82, 2.24) is 9.80 Å². The van der Waals surface area contributed by atoms with E-state index >= 15 is 0 Å². The molecule has 4 nitrogen and oxygen atoms in total. The zero-order valence-corrected chi connectivity index (χ0v) is 17.0. The van der Waals surface area contributed by atoms with E-state index in [9.17, 15) is 9.90 Å². The topological polar surface area (TPSA) is 43.8 Å². The molecule has 0 aromatic heterocycles. The van der Waals surface area contributed by atoms with Crippen molar-refractivity contribution in [2.24, 2.45) is 5.92 Å². The van der Waals surface area contributed by atoms with Crippen LogP contribution in [0.15, 0.2) is 60.7 Å². The minimum absolute atomic E-state index is 0.268. The summed E-state index contributed by atoms with van der Waals surface area (Å²) in [6.45, 7) is 4.01. The van der Waals surface area contributed by atoms with Crippen molar-refractivity contribution in [2.45, 2.75) is 25.7 Å². The molecule has 1 amide bonds. The van der Waals surface area contributed by atoms with E-state index in [1.165, 1.54) is 11.1 Å². The summed E-state index contributed by atoms with van der Waals surface area (Å²) in [6, 6.07) is 18.1. The molecule has 0 spiro atoms. The van der Waals surface area contributed by atoms with Gasteiger partial charge < -0.3 is 10.0 Å². The first-order valence-corrected chi connectivity index (χ1v) is 10.7. The maximum Gasteiger partial charge on any atom is 0.236 e. The van der Waals surface area contributed by atoms with Crippen molar-refractivity contribution < 1.29 is 9.90 Å². The Kier molecular flexibility index (Phi) is 6.30. The molecule has 2 aliphatic heterocycles. The molecule has 2 aromatic carbocycles. The van der Waals surface area contributed by atoms with Crippen LogP contribution in [0.1, 0.15) is 30.4 Å². The molecule has 0 saturated carbocycles. The Balaban J connectivity index is 1.23. The Bertz CT molecular complexity index is 837. The summed E-state index contributed by atoms with van der Waals surface area (Å²) in [4.78, 5) is 17.1. The smallest absolute Gasteiger partial charge is 0.236 e. The average molecular weight is 391 g/mol. The van der Waals surface area contributed by atoms with Crippen LogP contribution in [0, 0.1) is 5.92 Å². The number of carbonyl (C=O) groups is 1. The molecule has 0 aliphatic carbocycles. The lowest BCUT2D eigenvalue weighted by Crippen LogP contribution is -2.45. The molecule has 2 aromatic rings. The Morgan fingerprint density at radius 2 is 1.69 bits per heavy atom. The van der Waals surface area contributed by atoms with Crippen LogP contribution in [0.25, 0.3) is 5.57 Å². The van der Waals surface area contributed by atoms with Crippen molar-refractivity contribution in [3.05, 3.63) is 71.8 Å². The SMILES string of the molecule is O=C(CN1CC=C(c2ccc(O)cc2)CC1)N1CCC(Cc2ccccc2)CC1. The second-order valence-corrected chi connectivity index (χ2v) is 8.28. The first-order valence-electron chi connectivity index (χ1n) is 10.7. The highest BCUT2D eigenvalue weighted by Gasteiger charge is 2.24. The van der Waals surface area contributed by atoms with E-state index in [-0.39, 0.29) is 5.91 Å². The highest BCUT2D eigenvalue weighted by atomic mass is 16.3. The fourth-order valence-corrected chi connectivity index (χ4v) is 4.42. The molecule has 4 rings (SSSR count). The molecule has 1 N–H and O–H groups in total. The molecule has 2 aliphatic rings. The second-order valence-electron chi connectivity index (χ2n) is 8.28. The fraction of sp³-hybridized carbons (Fsp3) is 0.400. The van der Waals surface area contributed by atoms with E-state index < -0.39 is 0 Å². The maximum atomic E-state index is 12.8. The van der Waals surface area contributed by atoms with Crippen LogP contribution < -0.4 is 0 Å². The van der Waals surface area contributed by atoms with Gasteiger partial charge in [-0.2, -0.15) is 0 Å². The van der Waals surface area contributed by atoms with Crippen molar-refractivity contribution >= 4 is 11.5 Å². The van der Waals surface area contributed by atoms with Crippen LogP contribution >= 0.6 is 0 Å². The van der Waals surface area contributed by atoms with Gasteiger partial charge in [0, 0.05) is 26.2 Å². The highest BCUT2D eigenvalue weighted by molar-refractivity contribution is 5.78. The number of piperidine rings is 1. The Morgan fingerprint density at radius 3 is 2.34 bits per heavy atom. The number of benzene rings is 2. The van der Waals surface area contributed by atoms with Gasteiger partial charge in [0.25, 0.3) is 0 Å². The number of nitrogens with zero attached hydrogens (tertiary/aromatic N) is 2. The lowest BCUT2D eigenvalue weighted by molar-refractivity contribution is -0.133. The van der Waals surface area contributed by atoms with E-state index in [0.717, 1.165) is 57.4 Å². The molecule has 1 saturated heterocycles. The number of amides is 1. The van der Waals surface area contributed by atoms with E-state index in [2.05, 4.69) is 46.2 Å². The largest absolute Gasteiger partial charge is 0.508 e. The Labute approximate surface area is 173 Å². The molecule has 0 atom stereocenters. The molecule has 29 heavy (non-hydrogen) atoms. The van der Waals surface area contributed by atoms with Crippen LogP contribution in [-0.4, -0.2) is 53.5 Å². The van der Waals surface area contributed by atoms with Gasteiger partial charge in [0.1, 0.15) is 5.75 Å². The Morgan fingerprint density at radius 1 is 0.966 bits per heavy atom. The van der Waals surface area contributed by atoms with E-state index in [1.807, 2.05) is 12.1 Å². The van der Waals surface area contributed by atoms with Gasteiger partial charge in [0.2, 0.25) is 5.91 Å². The van der Waals surface area contributed by atoms with Crippen molar-refractivity contribution in [2.75, 3.05) is 32.7 Å². The predicted molar refractivity (Wildman–Crippen MR) is 117 cm³/mol. The maximum absolute atomic E-state index is 12.8. The average Bonchev–Trinajstić information content (AvgIpc) is 2.76. The molecule has 2 heterocycles. The molecule has 152 valence electrons. The Hall–Kier alpha value is -2.59. The normalized spacial score (nSPS) is 18.5. The zero-order chi connectivity index (χ0) is 20.1. The quantitative estimate of drug-likeness (QED) is 0.840. The van der Waals surface area contributed by atoms with Crippen LogP contribution in [0.5, 0.6) is 5.75 Å². The van der Waals surface area contributed by atoms with Gasteiger partial charge in [-0.1, -0.05) is 48.5 Å². The van der Waals surface area contributed by atoms with Crippen molar-refractivity contribution in [3.63, 3.8) is 0 Å². The molecule has 1 fully saturated rings. The first kappa shape index (κ1) is 19.7. The van der Waals surface area contributed by atoms with Crippen molar-refractivity contribution in [1.29, 1.82) is 0 Å². The third-order valence-corrected chi connectivity index (χ3v) is 6.22. The minimum atomic E-state index is 0.268. The van der Waals surface area contributed by atoms with Gasteiger partial charge in [-0.05, 0) is 60.4 Å². The number of rotatable bonds is 5. The number of hydrogen-bond donors (Lipinski definition) is 1. The third kappa shape index (κ3) is 5.27. The first-order chi connectivity index (χ1) is 14.2. The standard InChI is InChI=1S/C25H30N2O2/c28-24-8-6-22(7-9-24)23-12-14-26(15-13-23)19-25(29)27-16-10-21(11-17-27)18-20-4-2-1-3-5-20/h1-9,12,21,28H,10-11,13-19H2. The second kappa shape index (κ2) is 9.27. The van der Waals surface area contributed by atoms with Crippen LogP contribution in [0.3, 0.4) is 0 Å². The summed E-state index contributed by atoms with van der Waals surface area (Å²) < 4.78 is 0. The molecule has 0 radical (unpaired) electrons. The lowest BCUT2D eigenvalue weighted by atomic mass is 9.90. The van der Waals surface area contributed by atoms with Crippen molar-refractivity contribution in [3.8, 4) is 5.75 Å². The number of phenolic OH excluding ortho intramolecular Hbond substituents is 1. The van der Waals surface area contributed by atoms with Gasteiger partial charge in [0.05, 0.1) is 6.54 Å². The van der Waals surface area contributed by atoms with E-state index in [0.29, 0.717) is 18.2 Å². The molecule has 0 bridgehead atoms. The molecule has 0 unspecified atom stereocenters. The van der Waals surface area contributed by atoms with E-state index in [4.69, 9.17) is 0 Å². The summed E-state index contributed by atoms with van der Waals surface area (Å²) in [6.07, 6.45) is 6.49. The number of hydrogen-bond acceptors (Lipinski definition) is 3. The van der Waals surface area contributed by atoms with Gasteiger partial charge in [-0.3, -0.25) is 9.69 Å². The lowest BCUT2D eigenvalue weighted by Gasteiger charge is -2.34. The van der Waals surface area contributed by atoms with Crippen LogP contribution in [0.2, 0.25) is 0 Å². The summed E-state index contributed by atoms with van der Waals surface area (Å²) in [5.74, 6) is 1.25. The predicted octanol–water partition coefficient (Wildman–Crippen LogP) is 3.96. The van der Waals surface area contributed by atoms with Gasteiger partial charge in [0.15, 0.2) is 0 Å². The molecule has 4 heteroatoms. The van der Waals surface area contributed by atoms with Gasteiger partial charge in [-0.25, -0.2) is 0 Å². The molecular weight excluding hydrogens is 360 g/mol. The van der Waals surface area contributed by atoms with Gasteiger partial charge >= 0.3 is 0 Å². The fourth-order valence-electron chi connectivity index (χ4n) is 4.42. The number of phenols is 1. The van der Waals surface area contributed by atoms with Crippen LogP contribution in [-0.2, 0) is 11.2 Å². The third-order valence-electron chi connectivity index (χ3n) is 6.22. The monoisotopic (exact) mass is 390 g/mol. The van der Waals surface area contributed by atoms with Crippen LogP contribution in [0.4, 0.5) is 0 Å². The molecular formula is C25H30N2O2. The highest BCUT2D eigenvalue weighted by Crippen LogP contribution is 2.25. The zero-order valence-electron chi connectivity index (χ0n) is 17.0. The summed E-state index contributed by atoms with van der Waals surface area (Å²) >= 11 is 0. The van der Waals surface area contributed by atoms with E-state index in [1.54, 1.807) is 12.1 Å². The summed E-state index contributed by atoms with van der Waals surface area (Å²) in [5, 5.41) is 9.44. The summed E-state index contributed by atoms with van der Waals surface area (Å²) in [5.41, 5.74) is 3.87. The van der Waals surface area contributed by atoms with Gasteiger partial charge in [-0.15, -0.1) is 0 Å². The summed E-state index contributed by atoms with van der Waals surface area (Å²) in [7, 11) is 0. The number of likely N-dealkylation sites (tertiary alicyclic amines) is 1. The number of carbonyl (C=O) groups excluding carboxylic acids is 1.